The molecule has 250 valence electrons. The Kier molecular flexibility index (Phi) is 9.81. The zero-order valence-electron chi connectivity index (χ0n) is 28.0. The maximum atomic E-state index is 6.90. The van der Waals surface area contributed by atoms with Crippen molar-refractivity contribution >= 4 is 21.7 Å². The van der Waals surface area contributed by atoms with Crippen LogP contribution in [0.5, 0.6) is 0 Å². The molecule has 0 bridgehead atoms. The summed E-state index contributed by atoms with van der Waals surface area (Å²) in [5.74, 6) is 0. The third kappa shape index (κ3) is 7.28. The van der Waals surface area contributed by atoms with Crippen LogP contribution in [0.2, 0.25) is 0 Å². The van der Waals surface area contributed by atoms with E-state index in [1.54, 1.807) is 0 Å². The number of nitrogens with zero attached hydrogens (tertiary/aromatic N) is 1. The second-order valence-corrected chi connectivity index (χ2v) is 13.0. The summed E-state index contributed by atoms with van der Waals surface area (Å²) in [5, 5.41) is 3.64. The van der Waals surface area contributed by atoms with Gasteiger partial charge in [-0.15, -0.1) is 0 Å². The molecular weight excluding hydrogens is 618 g/mol. The summed E-state index contributed by atoms with van der Waals surface area (Å²) in [5.41, 5.74) is 6.80. The maximum absolute atomic E-state index is 6.90. The van der Waals surface area contributed by atoms with Crippen LogP contribution in [0.25, 0.3) is 21.7 Å². The Balaban J connectivity index is 1.15. The zero-order valence-corrected chi connectivity index (χ0v) is 28.0. The Morgan fingerprint density at radius 3 is 1.76 bits per heavy atom. The van der Waals surface area contributed by atoms with Crippen molar-refractivity contribution in [3.63, 3.8) is 0 Å². The van der Waals surface area contributed by atoms with Gasteiger partial charge in [-0.05, 0) is 45.2 Å². The van der Waals surface area contributed by atoms with Gasteiger partial charge >= 0.3 is 0 Å². The predicted molar refractivity (Wildman–Crippen MR) is 199 cm³/mol. The van der Waals surface area contributed by atoms with Crippen molar-refractivity contribution in [3.8, 4) is 0 Å². The van der Waals surface area contributed by atoms with Crippen LogP contribution < -0.4 is 0 Å². The number of fused-ring (bicyclic) bond motifs is 2. The third-order valence-electron chi connectivity index (χ3n) is 9.60. The van der Waals surface area contributed by atoms with E-state index in [0.29, 0.717) is 26.4 Å². The van der Waals surface area contributed by atoms with Gasteiger partial charge in [0.2, 0.25) is 0 Å². The Bertz CT molecular complexity index is 2130. The fraction of sp³-hybridized carbons (Fsp3) is 0.200. The molecule has 4 atom stereocenters. The molecule has 50 heavy (non-hydrogen) atoms. The molecule has 0 radical (unpaired) electrons. The first-order chi connectivity index (χ1) is 24.8. The Labute approximate surface area is 293 Å². The van der Waals surface area contributed by atoms with E-state index in [1.807, 2.05) is 54.6 Å². The van der Waals surface area contributed by atoms with Crippen LogP contribution in [-0.4, -0.2) is 29.5 Å². The van der Waals surface area contributed by atoms with Gasteiger partial charge < -0.3 is 23.5 Å². The number of para-hydroxylation sites is 1. The molecule has 1 aliphatic heterocycles. The minimum Gasteiger partial charge on any atom is -0.368 e. The Morgan fingerprint density at radius 2 is 1.08 bits per heavy atom. The van der Waals surface area contributed by atoms with Crippen LogP contribution in [0.3, 0.4) is 0 Å². The number of hydrogen-bond acceptors (Lipinski definition) is 4. The number of benzene rings is 6. The fourth-order valence-corrected chi connectivity index (χ4v) is 7.04. The van der Waals surface area contributed by atoms with Crippen LogP contribution >= 0.6 is 0 Å². The first-order valence-electron chi connectivity index (χ1n) is 17.4. The first kappa shape index (κ1) is 32.2. The Hall–Kier alpha value is -5.04. The zero-order chi connectivity index (χ0) is 33.5. The quantitative estimate of drug-likeness (QED) is 0.131. The molecule has 0 spiro atoms. The van der Waals surface area contributed by atoms with Gasteiger partial charge in [0.05, 0.1) is 26.4 Å². The SMILES string of the molecule is c1ccc(CO[C@@H]2[C@@H](OCc3ccccc3)[C@H](c3cn(Cc4ccc5ccccc5c4)c4ccccc34)OC[C@H]2OCc2ccccc2)cc1. The minimum atomic E-state index is -0.437. The number of hydrogen-bond donors (Lipinski definition) is 0. The molecule has 5 nitrogen and oxygen atoms in total. The number of rotatable bonds is 12. The van der Waals surface area contributed by atoms with E-state index in [2.05, 4.69) is 114 Å². The highest BCUT2D eigenvalue weighted by Gasteiger charge is 2.44. The van der Waals surface area contributed by atoms with Crippen LogP contribution in [0.4, 0.5) is 0 Å². The molecule has 1 aromatic heterocycles. The molecule has 0 amide bonds. The molecule has 1 aliphatic rings. The van der Waals surface area contributed by atoms with Gasteiger partial charge in [0, 0.05) is 29.2 Å². The van der Waals surface area contributed by atoms with Gasteiger partial charge in [-0.3, -0.25) is 0 Å². The average molecular weight is 660 g/mol. The van der Waals surface area contributed by atoms with Crippen molar-refractivity contribution in [1.82, 2.24) is 4.57 Å². The van der Waals surface area contributed by atoms with Gasteiger partial charge in [0.25, 0.3) is 0 Å². The number of aromatic nitrogens is 1. The van der Waals surface area contributed by atoms with Crippen molar-refractivity contribution < 1.29 is 18.9 Å². The largest absolute Gasteiger partial charge is 0.368 e. The Morgan fingerprint density at radius 1 is 0.520 bits per heavy atom. The topological polar surface area (TPSA) is 41.9 Å². The molecule has 0 N–H and O–H groups in total. The molecule has 0 saturated carbocycles. The van der Waals surface area contributed by atoms with E-state index < -0.39 is 6.10 Å². The first-order valence-corrected chi connectivity index (χ1v) is 17.4. The van der Waals surface area contributed by atoms with E-state index in [-0.39, 0.29) is 18.3 Å². The van der Waals surface area contributed by atoms with Gasteiger partial charge in [-0.1, -0.05) is 146 Å². The second kappa shape index (κ2) is 15.2. The standard InChI is InChI=1S/C45H41NO4/c1-4-14-33(15-5-1)29-47-42-32-50-43(45(49-31-35-18-8-3-9-19-35)44(42)48-30-34-16-6-2-7-17-34)40-28-46(41-23-13-12-22-39(40)41)27-36-24-25-37-20-10-11-21-38(37)26-36/h1-26,28,42-45H,27,29-32H2/t42-,43+,44+,45+/m1/s1. The molecule has 8 rings (SSSR count). The van der Waals surface area contributed by atoms with Crippen LogP contribution in [0.15, 0.2) is 164 Å². The van der Waals surface area contributed by atoms with Gasteiger partial charge in [-0.25, -0.2) is 0 Å². The number of ether oxygens (including phenoxy) is 4. The average Bonchev–Trinajstić information content (AvgIpc) is 3.54. The highest BCUT2D eigenvalue weighted by Crippen LogP contribution is 2.39. The van der Waals surface area contributed by atoms with Gasteiger partial charge in [-0.2, -0.15) is 0 Å². The lowest BCUT2D eigenvalue weighted by atomic mass is 9.93. The van der Waals surface area contributed by atoms with Gasteiger partial charge in [0.15, 0.2) is 0 Å². The highest BCUT2D eigenvalue weighted by atomic mass is 16.6. The molecule has 2 heterocycles. The van der Waals surface area contributed by atoms with E-state index >= 15 is 0 Å². The van der Waals surface area contributed by atoms with E-state index in [9.17, 15) is 0 Å². The van der Waals surface area contributed by atoms with Crippen molar-refractivity contribution in [3.05, 3.63) is 192 Å². The molecule has 1 fully saturated rings. The smallest absolute Gasteiger partial charge is 0.117 e. The summed E-state index contributed by atoms with van der Waals surface area (Å²) in [6.07, 6.45) is 0.723. The monoisotopic (exact) mass is 659 g/mol. The lowest BCUT2D eigenvalue weighted by molar-refractivity contribution is -0.240. The molecule has 5 heteroatoms. The van der Waals surface area contributed by atoms with Crippen LogP contribution in [0, 0.1) is 0 Å². The summed E-state index contributed by atoms with van der Waals surface area (Å²) in [4.78, 5) is 0. The third-order valence-corrected chi connectivity index (χ3v) is 9.60. The summed E-state index contributed by atoms with van der Waals surface area (Å²) in [6, 6.07) is 54.7. The molecule has 0 aliphatic carbocycles. The lowest BCUT2D eigenvalue weighted by Crippen LogP contribution is -2.52. The lowest BCUT2D eigenvalue weighted by Gasteiger charge is -2.42. The van der Waals surface area contributed by atoms with E-state index in [4.69, 9.17) is 18.9 Å². The van der Waals surface area contributed by atoms with Crippen LogP contribution in [0.1, 0.15) is 33.9 Å². The fourth-order valence-electron chi connectivity index (χ4n) is 7.04. The molecule has 6 aromatic carbocycles. The van der Waals surface area contributed by atoms with Crippen LogP contribution in [-0.2, 0) is 45.3 Å². The minimum absolute atomic E-state index is 0.332. The molecule has 7 aromatic rings. The summed E-state index contributed by atoms with van der Waals surface area (Å²) >= 11 is 0. The molecular formula is C45H41NO4. The summed E-state index contributed by atoms with van der Waals surface area (Å²) in [7, 11) is 0. The van der Waals surface area contributed by atoms with Crippen molar-refractivity contribution in [1.29, 1.82) is 0 Å². The van der Waals surface area contributed by atoms with E-state index in [1.165, 1.54) is 16.3 Å². The maximum Gasteiger partial charge on any atom is 0.117 e. The second-order valence-electron chi connectivity index (χ2n) is 13.0. The molecule has 1 saturated heterocycles. The summed E-state index contributed by atoms with van der Waals surface area (Å²) < 4.78 is 29.5. The summed E-state index contributed by atoms with van der Waals surface area (Å²) in [6.45, 7) is 2.45. The predicted octanol–water partition coefficient (Wildman–Crippen LogP) is 9.67. The van der Waals surface area contributed by atoms with Crippen molar-refractivity contribution in [2.75, 3.05) is 6.61 Å². The van der Waals surface area contributed by atoms with Crippen molar-refractivity contribution in [2.45, 2.75) is 50.8 Å². The van der Waals surface area contributed by atoms with Gasteiger partial charge in [0.1, 0.15) is 24.4 Å². The highest BCUT2D eigenvalue weighted by molar-refractivity contribution is 5.85. The van der Waals surface area contributed by atoms with Crippen molar-refractivity contribution in [2.24, 2.45) is 0 Å². The normalized spacial score (nSPS) is 19.2. The van der Waals surface area contributed by atoms with E-state index in [0.717, 1.165) is 39.7 Å². The molecule has 0 unspecified atom stereocenters.